The smallest absolute Gasteiger partial charge is 0.256 e. The summed E-state index contributed by atoms with van der Waals surface area (Å²) in [7, 11) is 0. The molecule has 0 saturated carbocycles. The van der Waals surface area contributed by atoms with Crippen LogP contribution in [-0.4, -0.2) is 35.5 Å². The van der Waals surface area contributed by atoms with Crippen molar-refractivity contribution in [1.82, 2.24) is 4.90 Å². The van der Waals surface area contributed by atoms with E-state index < -0.39 is 0 Å². The fraction of sp³-hybridized carbons (Fsp3) is 0.692. The summed E-state index contributed by atoms with van der Waals surface area (Å²) in [6.45, 7) is 6.34. The summed E-state index contributed by atoms with van der Waals surface area (Å²) in [5.74, 6) is -0.0612. The Kier molecular flexibility index (Phi) is 3.33. The summed E-state index contributed by atoms with van der Waals surface area (Å²) < 4.78 is 5.56. The first kappa shape index (κ1) is 12.3. The molecule has 3 atom stereocenters. The number of carbonyl (C=O) groups excluding carboxylic acids is 2. The topological polar surface area (TPSA) is 49.9 Å². The van der Waals surface area contributed by atoms with Crippen molar-refractivity contribution >= 4 is 11.8 Å². The molecule has 94 valence electrons. The highest BCUT2D eigenvalue weighted by Crippen LogP contribution is 2.34. The number of rotatable bonds is 5. The quantitative estimate of drug-likeness (QED) is 0.538. The van der Waals surface area contributed by atoms with Crippen LogP contribution in [0.5, 0.6) is 0 Å². The number of imide groups is 1. The molecule has 0 bridgehead atoms. The predicted octanol–water partition coefficient (Wildman–Crippen LogP) is 1.51. The molecule has 17 heavy (non-hydrogen) atoms. The van der Waals surface area contributed by atoms with Gasteiger partial charge < -0.3 is 4.74 Å². The molecule has 0 spiro atoms. The van der Waals surface area contributed by atoms with Crippen molar-refractivity contribution in [3.05, 3.63) is 11.6 Å². The molecule has 4 heteroatoms. The van der Waals surface area contributed by atoms with Crippen LogP contribution in [0.3, 0.4) is 0 Å². The van der Waals surface area contributed by atoms with Gasteiger partial charge in [-0.1, -0.05) is 13.8 Å². The summed E-state index contributed by atoms with van der Waals surface area (Å²) in [5.41, 5.74) is 0.536. The van der Waals surface area contributed by atoms with Crippen LogP contribution in [-0.2, 0) is 14.3 Å². The highest BCUT2D eigenvalue weighted by molar-refractivity contribution is 6.15. The SMILES string of the molecule is CCC(CN1C(=O)C=C(C)C1=O)C1OC1CC. The van der Waals surface area contributed by atoms with Gasteiger partial charge in [0, 0.05) is 24.1 Å². The molecular formula is C13H19NO3. The summed E-state index contributed by atoms with van der Waals surface area (Å²) in [4.78, 5) is 24.7. The number of hydrogen-bond acceptors (Lipinski definition) is 3. The third-order valence-corrected chi connectivity index (χ3v) is 3.62. The molecule has 2 rings (SSSR count). The minimum atomic E-state index is -0.181. The standard InChI is InChI=1S/C13H19NO3/c1-4-9(12-10(5-2)17-12)7-14-11(15)6-8(3)13(14)16/h6,9-10,12H,4-5,7H2,1-3H3. The predicted molar refractivity (Wildman–Crippen MR) is 63.2 cm³/mol. The molecule has 1 fully saturated rings. The van der Waals surface area contributed by atoms with E-state index in [9.17, 15) is 9.59 Å². The molecule has 0 radical (unpaired) electrons. The molecule has 1 saturated heterocycles. The van der Waals surface area contributed by atoms with E-state index in [1.165, 1.54) is 11.0 Å². The van der Waals surface area contributed by atoms with Crippen LogP contribution in [0, 0.1) is 5.92 Å². The van der Waals surface area contributed by atoms with Crippen LogP contribution in [0.2, 0.25) is 0 Å². The first-order valence-electron chi connectivity index (χ1n) is 6.28. The van der Waals surface area contributed by atoms with E-state index in [2.05, 4.69) is 13.8 Å². The van der Waals surface area contributed by atoms with E-state index in [-0.39, 0.29) is 23.8 Å². The molecule has 2 aliphatic rings. The molecule has 2 amide bonds. The Balaban J connectivity index is 1.96. The van der Waals surface area contributed by atoms with Gasteiger partial charge in [0.2, 0.25) is 0 Å². The fourth-order valence-corrected chi connectivity index (χ4v) is 2.41. The van der Waals surface area contributed by atoms with Gasteiger partial charge in [-0.2, -0.15) is 0 Å². The van der Waals surface area contributed by atoms with Gasteiger partial charge in [-0.3, -0.25) is 14.5 Å². The highest BCUT2D eigenvalue weighted by atomic mass is 16.6. The number of ether oxygens (including phenoxy) is 1. The van der Waals surface area contributed by atoms with E-state index in [0.29, 0.717) is 18.2 Å². The van der Waals surface area contributed by atoms with Gasteiger partial charge >= 0.3 is 0 Å². The molecule has 0 aromatic heterocycles. The van der Waals surface area contributed by atoms with E-state index >= 15 is 0 Å². The van der Waals surface area contributed by atoms with Gasteiger partial charge in [-0.05, 0) is 19.8 Å². The maximum atomic E-state index is 11.8. The number of amides is 2. The zero-order valence-corrected chi connectivity index (χ0v) is 10.6. The molecule has 0 N–H and O–H groups in total. The van der Waals surface area contributed by atoms with Crippen molar-refractivity contribution < 1.29 is 14.3 Å². The van der Waals surface area contributed by atoms with E-state index in [4.69, 9.17) is 4.74 Å². The van der Waals surface area contributed by atoms with Crippen molar-refractivity contribution in [1.29, 1.82) is 0 Å². The van der Waals surface area contributed by atoms with Gasteiger partial charge in [-0.25, -0.2) is 0 Å². The maximum absolute atomic E-state index is 11.8. The van der Waals surface area contributed by atoms with Crippen molar-refractivity contribution in [3.8, 4) is 0 Å². The van der Waals surface area contributed by atoms with Crippen LogP contribution in [0.1, 0.15) is 33.6 Å². The number of epoxide rings is 1. The van der Waals surface area contributed by atoms with Gasteiger partial charge in [0.05, 0.1) is 12.2 Å². The number of nitrogens with zero attached hydrogens (tertiary/aromatic N) is 1. The molecule has 0 aliphatic carbocycles. The largest absolute Gasteiger partial charge is 0.369 e. The Morgan fingerprint density at radius 3 is 2.53 bits per heavy atom. The third-order valence-electron chi connectivity index (χ3n) is 3.62. The maximum Gasteiger partial charge on any atom is 0.256 e. The molecule has 4 nitrogen and oxygen atoms in total. The van der Waals surface area contributed by atoms with Crippen molar-refractivity contribution in [2.75, 3.05) is 6.54 Å². The van der Waals surface area contributed by atoms with Crippen LogP contribution in [0.15, 0.2) is 11.6 Å². The molecule has 2 aliphatic heterocycles. The molecule has 2 heterocycles. The molecule has 0 aromatic carbocycles. The second-order valence-electron chi connectivity index (χ2n) is 4.80. The zero-order valence-electron chi connectivity index (χ0n) is 10.6. The average molecular weight is 237 g/mol. The molecule has 0 aromatic rings. The van der Waals surface area contributed by atoms with Gasteiger partial charge in [0.15, 0.2) is 0 Å². The second-order valence-corrected chi connectivity index (χ2v) is 4.80. The Bertz CT molecular complexity index is 375. The lowest BCUT2D eigenvalue weighted by Crippen LogP contribution is -2.37. The summed E-state index contributed by atoms with van der Waals surface area (Å²) >= 11 is 0. The lowest BCUT2D eigenvalue weighted by atomic mass is 9.98. The normalized spacial score (nSPS) is 29.6. The lowest BCUT2D eigenvalue weighted by Gasteiger charge is -2.20. The number of carbonyl (C=O) groups is 2. The Hall–Kier alpha value is -1.16. The van der Waals surface area contributed by atoms with Crippen molar-refractivity contribution in [2.24, 2.45) is 5.92 Å². The van der Waals surface area contributed by atoms with Crippen molar-refractivity contribution in [2.45, 2.75) is 45.8 Å². The minimum absolute atomic E-state index is 0.151. The summed E-state index contributed by atoms with van der Waals surface area (Å²) in [5, 5.41) is 0. The van der Waals surface area contributed by atoms with Crippen LogP contribution in [0.4, 0.5) is 0 Å². The Morgan fingerprint density at radius 2 is 2.12 bits per heavy atom. The van der Waals surface area contributed by atoms with Gasteiger partial charge in [-0.15, -0.1) is 0 Å². The lowest BCUT2D eigenvalue weighted by molar-refractivity contribution is -0.138. The highest BCUT2D eigenvalue weighted by Gasteiger charge is 2.44. The van der Waals surface area contributed by atoms with E-state index in [0.717, 1.165) is 12.8 Å². The van der Waals surface area contributed by atoms with Crippen molar-refractivity contribution in [3.63, 3.8) is 0 Å². The first-order chi connectivity index (χ1) is 8.08. The third kappa shape index (κ3) is 2.27. The second kappa shape index (κ2) is 4.61. The Labute approximate surface area is 102 Å². The zero-order chi connectivity index (χ0) is 12.6. The summed E-state index contributed by atoms with van der Waals surface area (Å²) in [6, 6.07) is 0. The van der Waals surface area contributed by atoms with Crippen LogP contribution >= 0.6 is 0 Å². The fourth-order valence-electron chi connectivity index (χ4n) is 2.41. The van der Waals surface area contributed by atoms with Crippen LogP contribution in [0.25, 0.3) is 0 Å². The van der Waals surface area contributed by atoms with E-state index in [1.54, 1.807) is 6.92 Å². The summed E-state index contributed by atoms with van der Waals surface area (Å²) in [6.07, 6.45) is 3.89. The molecule has 3 unspecified atom stereocenters. The average Bonchev–Trinajstić information content (AvgIpc) is 3.04. The van der Waals surface area contributed by atoms with Gasteiger partial charge in [0.25, 0.3) is 11.8 Å². The van der Waals surface area contributed by atoms with E-state index in [1.807, 2.05) is 0 Å². The minimum Gasteiger partial charge on any atom is -0.369 e. The Morgan fingerprint density at radius 1 is 1.41 bits per heavy atom. The monoisotopic (exact) mass is 237 g/mol. The first-order valence-corrected chi connectivity index (χ1v) is 6.28. The molecular weight excluding hydrogens is 218 g/mol. The van der Waals surface area contributed by atoms with Crippen LogP contribution < -0.4 is 0 Å². The van der Waals surface area contributed by atoms with Gasteiger partial charge in [0.1, 0.15) is 0 Å². The number of hydrogen-bond donors (Lipinski definition) is 0.